The van der Waals surface area contributed by atoms with Crippen molar-refractivity contribution in [1.29, 1.82) is 0 Å². The molecule has 3 rings (SSSR count). The number of carbonyl (C=O) groups excluding carboxylic acids is 3. The minimum absolute atomic E-state index is 0.0342. The number of ketones is 1. The van der Waals surface area contributed by atoms with Gasteiger partial charge in [0.25, 0.3) is 5.91 Å². The van der Waals surface area contributed by atoms with Crippen LogP contribution in [-0.2, 0) is 17.6 Å². The Labute approximate surface area is 156 Å². The fraction of sp³-hybridized carbons (Fsp3) is 0.350. The number of carbonyl (C=O) groups is 3. The third-order valence-electron chi connectivity index (χ3n) is 4.54. The first-order chi connectivity index (χ1) is 12.5. The third-order valence-corrected chi connectivity index (χ3v) is 5.78. The van der Waals surface area contributed by atoms with Crippen molar-refractivity contribution in [1.82, 2.24) is 10.9 Å². The Morgan fingerprint density at radius 1 is 1.12 bits per heavy atom. The van der Waals surface area contributed by atoms with Crippen LogP contribution in [0.1, 0.15) is 56.7 Å². The van der Waals surface area contributed by atoms with Crippen molar-refractivity contribution in [3.63, 3.8) is 0 Å². The van der Waals surface area contributed by atoms with Crippen molar-refractivity contribution < 1.29 is 14.4 Å². The van der Waals surface area contributed by atoms with E-state index in [1.807, 2.05) is 12.1 Å². The normalized spacial score (nSPS) is 15.8. The quantitative estimate of drug-likeness (QED) is 0.626. The van der Waals surface area contributed by atoms with Crippen LogP contribution in [0.2, 0.25) is 0 Å². The second kappa shape index (κ2) is 8.27. The van der Waals surface area contributed by atoms with Gasteiger partial charge in [0.15, 0.2) is 5.78 Å². The highest BCUT2D eigenvalue weighted by molar-refractivity contribution is 7.14. The summed E-state index contributed by atoms with van der Waals surface area (Å²) in [6.45, 7) is 2.22. The molecule has 136 valence electrons. The molecule has 0 aliphatic heterocycles. The van der Waals surface area contributed by atoms with Crippen LogP contribution in [0, 0.1) is 5.92 Å². The van der Waals surface area contributed by atoms with Gasteiger partial charge in [-0.3, -0.25) is 25.2 Å². The number of nitrogens with one attached hydrogen (secondary N) is 2. The van der Waals surface area contributed by atoms with Crippen molar-refractivity contribution in [3.05, 3.63) is 57.3 Å². The van der Waals surface area contributed by atoms with E-state index in [-0.39, 0.29) is 30.4 Å². The summed E-state index contributed by atoms with van der Waals surface area (Å²) >= 11 is 1.50. The topological polar surface area (TPSA) is 75.3 Å². The standard InChI is InChI=1S/C20H22N2O3S/c1-13-7-9-17-15(11-13)12-18(26-17)20(25)22-21-19(24)10-8-16(23)14-5-3-2-4-6-14/h2-6,12-13H,7-11H2,1H3,(H,21,24)(H,22,25)/t13-/m0/s1. The summed E-state index contributed by atoms with van der Waals surface area (Å²) < 4.78 is 0. The molecule has 0 unspecified atom stereocenters. The SMILES string of the molecule is C[C@H]1CCc2sc(C(=O)NNC(=O)CCC(=O)c3ccccc3)cc2C1. The van der Waals surface area contributed by atoms with Crippen LogP contribution in [0.15, 0.2) is 36.4 Å². The molecule has 0 spiro atoms. The van der Waals surface area contributed by atoms with Crippen LogP contribution in [-0.4, -0.2) is 17.6 Å². The number of rotatable bonds is 5. The van der Waals surface area contributed by atoms with Crippen molar-refractivity contribution in [2.24, 2.45) is 5.92 Å². The molecule has 2 aromatic rings. The van der Waals surface area contributed by atoms with Crippen LogP contribution >= 0.6 is 11.3 Å². The van der Waals surface area contributed by atoms with Crippen LogP contribution in [0.3, 0.4) is 0 Å². The predicted octanol–water partition coefficient (Wildman–Crippen LogP) is 3.30. The first-order valence-electron chi connectivity index (χ1n) is 8.82. The Bertz CT molecular complexity index is 814. The largest absolute Gasteiger partial charge is 0.294 e. The first kappa shape index (κ1) is 18.3. The lowest BCUT2D eigenvalue weighted by molar-refractivity contribution is -0.121. The Balaban J connectivity index is 1.46. The number of thiophene rings is 1. The molecular weight excluding hydrogens is 348 g/mol. The molecule has 1 aliphatic carbocycles. The maximum atomic E-state index is 12.2. The fourth-order valence-electron chi connectivity index (χ4n) is 3.06. The summed E-state index contributed by atoms with van der Waals surface area (Å²) in [5, 5.41) is 0. The van der Waals surface area contributed by atoms with Gasteiger partial charge in [0.05, 0.1) is 4.88 Å². The third kappa shape index (κ3) is 4.58. The van der Waals surface area contributed by atoms with Gasteiger partial charge in [0, 0.05) is 23.3 Å². The molecule has 0 bridgehead atoms. The summed E-state index contributed by atoms with van der Waals surface area (Å²) in [6.07, 6.45) is 3.32. The summed E-state index contributed by atoms with van der Waals surface area (Å²) in [5.41, 5.74) is 6.67. The van der Waals surface area contributed by atoms with Gasteiger partial charge in [-0.15, -0.1) is 11.3 Å². The van der Waals surface area contributed by atoms with Crippen molar-refractivity contribution in [2.75, 3.05) is 0 Å². The minimum atomic E-state index is -0.377. The second-order valence-electron chi connectivity index (χ2n) is 6.70. The van der Waals surface area contributed by atoms with Crippen LogP contribution in [0.4, 0.5) is 0 Å². The predicted molar refractivity (Wildman–Crippen MR) is 101 cm³/mol. The maximum Gasteiger partial charge on any atom is 0.279 e. The number of hydrogen-bond acceptors (Lipinski definition) is 4. The molecule has 0 radical (unpaired) electrons. The van der Waals surface area contributed by atoms with Gasteiger partial charge in [-0.05, 0) is 36.8 Å². The molecule has 1 atom stereocenters. The molecule has 0 saturated carbocycles. The van der Waals surface area contributed by atoms with Crippen molar-refractivity contribution in [2.45, 2.75) is 39.0 Å². The molecule has 2 amide bonds. The van der Waals surface area contributed by atoms with E-state index in [0.29, 0.717) is 16.4 Å². The van der Waals surface area contributed by atoms with Gasteiger partial charge < -0.3 is 0 Å². The molecule has 26 heavy (non-hydrogen) atoms. The number of benzene rings is 1. The Morgan fingerprint density at radius 3 is 2.65 bits per heavy atom. The average Bonchev–Trinajstić information content (AvgIpc) is 3.08. The van der Waals surface area contributed by atoms with E-state index in [9.17, 15) is 14.4 Å². The molecule has 0 saturated heterocycles. The van der Waals surface area contributed by atoms with Gasteiger partial charge >= 0.3 is 0 Å². The zero-order valence-electron chi connectivity index (χ0n) is 14.7. The van der Waals surface area contributed by atoms with Gasteiger partial charge in [-0.2, -0.15) is 0 Å². The van der Waals surface area contributed by atoms with Crippen molar-refractivity contribution in [3.8, 4) is 0 Å². The molecule has 1 aliphatic rings. The fourth-order valence-corrected chi connectivity index (χ4v) is 4.17. The van der Waals surface area contributed by atoms with E-state index in [0.717, 1.165) is 19.3 Å². The number of Topliss-reactive ketones (excluding diaryl/α,β-unsaturated/α-hetero) is 1. The summed E-state index contributed by atoms with van der Waals surface area (Å²) in [6, 6.07) is 10.8. The van der Waals surface area contributed by atoms with Crippen LogP contribution in [0.5, 0.6) is 0 Å². The first-order valence-corrected chi connectivity index (χ1v) is 9.63. The lowest BCUT2D eigenvalue weighted by Gasteiger charge is -2.16. The zero-order chi connectivity index (χ0) is 18.5. The van der Waals surface area contributed by atoms with Crippen molar-refractivity contribution >= 4 is 28.9 Å². The van der Waals surface area contributed by atoms with Gasteiger partial charge in [-0.25, -0.2) is 0 Å². The number of hydrogen-bond donors (Lipinski definition) is 2. The van der Waals surface area contributed by atoms with E-state index in [1.165, 1.54) is 21.8 Å². The lowest BCUT2D eigenvalue weighted by atomic mass is 9.90. The molecule has 6 heteroatoms. The smallest absolute Gasteiger partial charge is 0.279 e. The van der Waals surface area contributed by atoms with Gasteiger partial charge in [0.2, 0.25) is 5.91 Å². The summed E-state index contributed by atoms with van der Waals surface area (Å²) in [7, 11) is 0. The van der Waals surface area contributed by atoms with E-state index >= 15 is 0 Å². The van der Waals surface area contributed by atoms with Gasteiger partial charge in [0.1, 0.15) is 0 Å². The number of fused-ring (bicyclic) bond motifs is 1. The summed E-state index contributed by atoms with van der Waals surface area (Å²) in [5.74, 6) is -0.126. The highest BCUT2D eigenvalue weighted by atomic mass is 32.1. The van der Waals surface area contributed by atoms with Gasteiger partial charge in [-0.1, -0.05) is 37.3 Å². The van der Waals surface area contributed by atoms with Crippen LogP contribution in [0.25, 0.3) is 0 Å². The number of hydrazine groups is 1. The van der Waals surface area contributed by atoms with E-state index in [1.54, 1.807) is 24.3 Å². The second-order valence-corrected chi connectivity index (χ2v) is 7.84. The molecule has 2 N–H and O–H groups in total. The Morgan fingerprint density at radius 2 is 1.88 bits per heavy atom. The Kier molecular flexibility index (Phi) is 5.83. The Hall–Kier alpha value is -2.47. The number of aryl methyl sites for hydroxylation is 1. The highest BCUT2D eigenvalue weighted by Crippen LogP contribution is 2.32. The molecule has 5 nitrogen and oxygen atoms in total. The summed E-state index contributed by atoms with van der Waals surface area (Å²) in [4.78, 5) is 38.0. The monoisotopic (exact) mass is 370 g/mol. The van der Waals surface area contributed by atoms with E-state index in [4.69, 9.17) is 0 Å². The zero-order valence-corrected chi connectivity index (χ0v) is 15.5. The maximum absolute atomic E-state index is 12.2. The molecule has 1 aromatic carbocycles. The average molecular weight is 370 g/mol. The number of amides is 2. The molecule has 1 aromatic heterocycles. The molecule has 1 heterocycles. The molecule has 0 fully saturated rings. The minimum Gasteiger partial charge on any atom is -0.294 e. The molecular formula is C20H22N2O3S. The highest BCUT2D eigenvalue weighted by Gasteiger charge is 2.21. The van der Waals surface area contributed by atoms with Crippen LogP contribution < -0.4 is 10.9 Å². The van der Waals surface area contributed by atoms with E-state index < -0.39 is 0 Å². The van der Waals surface area contributed by atoms with E-state index in [2.05, 4.69) is 17.8 Å². The lowest BCUT2D eigenvalue weighted by Crippen LogP contribution is -2.41.